The van der Waals surface area contributed by atoms with E-state index in [9.17, 15) is 49.5 Å². The summed E-state index contributed by atoms with van der Waals surface area (Å²) in [6.45, 7) is 4.51. The molecular weight excluding hydrogens is 1870 g/mol. The Bertz CT molecular complexity index is 8070. The number of anilines is 11. The van der Waals surface area contributed by atoms with Crippen molar-refractivity contribution in [2.24, 2.45) is 5.41 Å². The zero-order valence-electron chi connectivity index (χ0n) is 78.7. The van der Waals surface area contributed by atoms with Gasteiger partial charge < -0.3 is 121 Å². The summed E-state index contributed by atoms with van der Waals surface area (Å²) in [6, 6.07) is 35.8. The minimum absolute atomic E-state index is 0.0289. The number of para-hydroxylation sites is 3. The highest BCUT2D eigenvalue weighted by molar-refractivity contribution is 6.04. The van der Waals surface area contributed by atoms with Gasteiger partial charge in [0.25, 0.3) is 29.5 Å². The van der Waals surface area contributed by atoms with Gasteiger partial charge in [0.2, 0.25) is 0 Å². The first-order valence-electron chi connectivity index (χ1n) is 46.2. The summed E-state index contributed by atoms with van der Waals surface area (Å²) < 4.78 is 39.6. The van der Waals surface area contributed by atoms with E-state index >= 15 is 0 Å². The normalized spacial score (nSPS) is 17.3. The maximum Gasteiger partial charge on any atom is 0.257 e. The first-order chi connectivity index (χ1) is 70.5. The van der Waals surface area contributed by atoms with Gasteiger partial charge in [-0.1, -0.05) is 32.0 Å². The number of aliphatic hydroxyl groups excluding tert-OH is 5. The Labute approximate surface area is 818 Å². The summed E-state index contributed by atoms with van der Waals surface area (Å²) in [7, 11) is 8.85. The molecule has 5 amide bonds. The molecule has 4 aliphatic rings. The van der Waals surface area contributed by atoms with Crippen LogP contribution in [0.15, 0.2) is 206 Å². The van der Waals surface area contributed by atoms with Crippen molar-refractivity contribution in [1.82, 2.24) is 124 Å². The van der Waals surface area contributed by atoms with E-state index in [1.807, 2.05) is 117 Å². The lowest BCUT2D eigenvalue weighted by molar-refractivity contribution is 0.0448. The highest BCUT2D eigenvalue weighted by atomic mass is 16.5. The van der Waals surface area contributed by atoms with E-state index in [0.717, 1.165) is 58.5 Å². The van der Waals surface area contributed by atoms with Gasteiger partial charge in [0, 0.05) is 95.3 Å². The van der Waals surface area contributed by atoms with Crippen LogP contribution in [0.25, 0.3) is 106 Å². The monoisotopic (exact) mass is 1970 g/mol. The summed E-state index contributed by atoms with van der Waals surface area (Å²) in [5, 5.41) is 109. The maximum absolute atomic E-state index is 12.8. The number of oxazole rings is 5. The SMILES string of the molecule is CNc1cc(-c2ccc3ocnc3c2)nc2c(C(=O)NCC(C)(C)CO)cnn12.CNc1cc(-c2ccc3ocnc3c2)nc2c(C(=O)N[C@@H]3CC[C@@H]3O)cnn12.CNc1cc(Nc2cccc3ocnc23)nc2c(C(=O)N[C@@H]3CC[C@@H]3O)cnn12.CNc1cc(Nc2cccc3ocnc23)nc2c(C(=O)N[C@@H]3CC[C@H]3O)cnn12.CNc1cc(Nc2cccc3ocnc23)nc2c(C(=O)N[C@H]3COC[C@H]3O)cnn12. The number of carbonyl (C=O) groups excluding carboxylic acids is 5. The average molecular weight is 1970 g/mol. The standard InChI is InChI=1S/C20H22N6O3.C19H19N7O4.2C19H19N7O3.C19H18N6O3/c1-20(2,10-27)9-22-19(28)13-8-24-26-17(21-3)7-14(25-18(13)26)12-4-5-16-15(6-12)23-11-29-16;1-20-16-5-15(23-11-3-2-4-14-17(11)21-9-30-14)25-18-10(6-22-26(16)18)19(28)24-12-7-29-8-13(12)27;2*1-20-16-7-15(23-12-3-2-4-14-17(12)21-9-29-14)25-18-10(8-22-26(16)18)19(28)24-11-5-6-13(11)27;1-20-17-7-13(10-2-5-16-14(6-10)21-9-28-16)23-18-11(8-22-25(17)18)19(27)24-12-3-4-15(12)26/h4-8,11,21,27H,9-10H2,1-3H3,(H,22,28);2-6,9,12-13,20,27H,7-8H2,1H3,(H,23,25)(H,24,28);2*2-4,7-9,11,13,20,27H,5-6H2,1H3,(H,23,25)(H,24,28);2,5-9,12,15,20,26H,3-4H2,1H3,(H,24,27)/t;12-,13+;11-,13+;11-,13-;12-,15+/m.0111/s1. The molecule has 0 radical (unpaired) electrons. The van der Waals surface area contributed by atoms with E-state index in [1.54, 1.807) is 76.0 Å². The molecule has 1 saturated heterocycles. The summed E-state index contributed by atoms with van der Waals surface area (Å²) >= 11 is 0. The third kappa shape index (κ3) is 19.3. The van der Waals surface area contributed by atoms with Crippen molar-refractivity contribution in [3.63, 3.8) is 0 Å². The third-order valence-corrected chi connectivity index (χ3v) is 25.2. The van der Waals surface area contributed by atoms with Crippen molar-refractivity contribution in [2.45, 2.75) is 101 Å². The van der Waals surface area contributed by atoms with Crippen LogP contribution in [0.3, 0.4) is 0 Å². The minimum atomic E-state index is -0.739. The van der Waals surface area contributed by atoms with Crippen LogP contribution in [-0.4, -0.2) is 263 Å². The molecule has 742 valence electrons. The number of fused-ring (bicyclic) bond motifs is 10. The maximum atomic E-state index is 12.8. The van der Waals surface area contributed by atoms with E-state index in [1.165, 1.54) is 63.0 Å². The summed E-state index contributed by atoms with van der Waals surface area (Å²) in [5.41, 5.74) is 15.4. The van der Waals surface area contributed by atoms with E-state index in [2.05, 4.69) is 144 Å². The molecule has 24 rings (SSSR count). The van der Waals surface area contributed by atoms with Crippen LogP contribution < -0.4 is 69.1 Å². The van der Waals surface area contributed by atoms with Gasteiger partial charge in [-0.05, 0) is 111 Å². The molecule has 16 heterocycles. The van der Waals surface area contributed by atoms with Gasteiger partial charge in [-0.25, -0.2) is 49.8 Å². The van der Waals surface area contributed by atoms with E-state index in [4.69, 9.17) is 26.8 Å². The van der Waals surface area contributed by atoms with Crippen LogP contribution in [0.5, 0.6) is 0 Å². The van der Waals surface area contributed by atoms with Crippen molar-refractivity contribution < 1.29 is 76.3 Å². The van der Waals surface area contributed by atoms with Crippen LogP contribution in [0.4, 0.5) is 63.6 Å². The number of hydrogen-bond donors (Lipinski definition) is 18. The number of amides is 5. The topological polar surface area (TPSA) is 633 Å². The fourth-order valence-corrected chi connectivity index (χ4v) is 16.5. The number of aliphatic hydroxyl groups is 5. The molecule has 20 aromatic rings. The molecule has 1 aliphatic heterocycles. The largest absolute Gasteiger partial charge is 0.443 e. The molecule has 5 aromatic carbocycles. The van der Waals surface area contributed by atoms with E-state index in [-0.39, 0.29) is 73.0 Å². The Hall–Kier alpha value is -17.9. The van der Waals surface area contributed by atoms with Gasteiger partial charge in [-0.3, -0.25) is 24.0 Å². The predicted octanol–water partition coefficient (Wildman–Crippen LogP) is 9.12. The predicted molar refractivity (Wildman–Crippen MR) is 531 cm³/mol. The zero-order valence-corrected chi connectivity index (χ0v) is 78.7. The van der Waals surface area contributed by atoms with Crippen molar-refractivity contribution >= 4 is 177 Å². The number of carbonyl (C=O) groups is 5. The van der Waals surface area contributed by atoms with Gasteiger partial charge in [-0.15, -0.1) is 0 Å². The number of hydrogen-bond acceptors (Lipinski definition) is 39. The fraction of sp³-hybridized carbons (Fsp3) is 0.271. The highest BCUT2D eigenvalue weighted by Gasteiger charge is 2.36. The van der Waals surface area contributed by atoms with Gasteiger partial charge in [0.05, 0.1) is 121 Å². The molecule has 145 heavy (non-hydrogen) atoms. The number of ether oxygens (including phenoxy) is 1. The Kier molecular flexibility index (Phi) is 26.3. The highest BCUT2D eigenvalue weighted by Crippen LogP contribution is 2.36. The first-order valence-corrected chi connectivity index (χ1v) is 46.2. The number of nitrogens with zero attached hydrogens (tertiary/aromatic N) is 20. The van der Waals surface area contributed by atoms with Gasteiger partial charge in [0.1, 0.15) is 102 Å². The van der Waals surface area contributed by atoms with Crippen LogP contribution in [0.2, 0.25) is 0 Å². The molecule has 3 aliphatic carbocycles. The average Bonchev–Trinajstić information content (AvgIpc) is 1.67. The fourth-order valence-electron chi connectivity index (χ4n) is 16.5. The number of rotatable bonds is 25. The van der Waals surface area contributed by atoms with Crippen molar-refractivity contribution in [1.29, 1.82) is 0 Å². The second kappa shape index (κ2) is 40.3. The summed E-state index contributed by atoms with van der Waals surface area (Å²) in [6.07, 6.45) is 16.5. The third-order valence-electron chi connectivity index (χ3n) is 25.2. The molecule has 0 spiro atoms. The first kappa shape index (κ1) is 94.6. The lowest BCUT2D eigenvalue weighted by Gasteiger charge is -2.32. The molecule has 18 N–H and O–H groups in total. The minimum Gasteiger partial charge on any atom is -0.443 e. The van der Waals surface area contributed by atoms with Crippen molar-refractivity contribution in [2.75, 3.05) is 104 Å². The molecule has 49 heteroatoms. The lowest BCUT2D eigenvalue weighted by Crippen LogP contribution is -2.50. The molecule has 3 saturated carbocycles. The Balaban J connectivity index is 0.000000110. The second-order valence-electron chi connectivity index (χ2n) is 35.2. The lowest BCUT2D eigenvalue weighted by atomic mass is 9.89. The molecule has 0 unspecified atom stereocenters. The number of benzene rings is 5. The van der Waals surface area contributed by atoms with Crippen LogP contribution >= 0.6 is 0 Å². The smallest absolute Gasteiger partial charge is 0.257 e. The number of nitrogens with one attached hydrogen (secondary N) is 13. The second-order valence-corrected chi connectivity index (χ2v) is 35.2. The summed E-state index contributed by atoms with van der Waals surface area (Å²) in [5.74, 6) is 3.30. The molecule has 4 fully saturated rings. The Morgan fingerprint density at radius 2 is 0.676 bits per heavy atom. The van der Waals surface area contributed by atoms with Gasteiger partial charge in [-0.2, -0.15) is 48.1 Å². The molecule has 0 bridgehead atoms. The van der Waals surface area contributed by atoms with Crippen molar-refractivity contribution in [3.8, 4) is 22.5 Å². The van der Waals surface area contributed by atoms with E-state index in [0.29, 0.717) is 179 Å². The Morgan fingerprint density at radius 1 is 0.359 bits per heavy atom. The van der Waals surface area contributed by atoms with Crippen LogP contribution in [0.1, 0.15) is 104 Å². The van der Waals surface area contributed by atoms with Gasteiger partial charge >= 0.3 is 0 Å². The summed E-state index contributed by atoms with van der Waals surface area (Å²) in [4.78, 5) is 108. The molecule has 49 nitrogen and oxygen atoms in total. The number of aromatic nitrogens is 20. The van der Waals surface area contributed by atoms with Crippen LogP contribution in [-0.2, 0) is 4.74 Å². The molecular formula is C96H97N33O16. The molecule has 15 aromatic heterocycles. The quantitative estimate of drug-likeness (QED) is 0.0253. The van der Waals surface area contributed by atoms with Crippen LogP contribution in [0, 0.1) is 5.41 Å². The Morgan fingerprint density at radius 3 is 0.986 bits per heavy atom. The van der Waals surface area contributed by atoms with E-state index < -0.39 is 35.9 Å². The van der Waals surface area contributed by atoms with Gasteiger partial charge in [0.15, 0.2) is 88.1 Å². The zero-order chi connectivity index (χ0) is 100. The molecule has 8 atom stereocenters. The van der Waals surface area contributed by atoms with Crippen molar-refractivity contribution in [3.05, 3.63) is 212 Å².